The molecule has 0 unspecified atom stereocenters. The molecule has 1 aromatic carbocycles. The molecule has 1 N–H and O–H groups in total. The van der Waals surface area contributed by atoms with Crippen LogP contribution in [0.2, 0.25) is 0 Å². The van der Waals surface area contributed by atoms with Crippen LogP contribution in [0, 0.1) is 5.41 Å². The second-order valence-electron chi connectivity index (χ2n) is 6.69. The number of rotatable bonds is 1. The predicted octanol–water partition coefficient (Wildman–Crippen LogP) is 3.40. The second kappa shape index (κ2) is 4.58. The maximum atomic E-state index is 9.77. The van der Waals surface area contributed by atoms with E-state index in [1.807, 2.05) is 12.1 Å². The Hall–Kier alpha value is -1.02. The van der Waals surface area contributed by atoms with Crippen LogP contribution in [-0.4, -0.2) is 30.1 Å². The molecule has 2 nitrogen and oxygen atoms in total. The molecule has 0 aromatic heterocycles. The highest BCUT2D eigenvalue weighted by Gasteiger charge is 2.44. The molecule has 100 valence electrons. The first-order chi connectivity index (χ1) is 8.35. The van der Waals surface area contributed by atoms with E-state index in [2.05, 4.69) is 38.8 Å². The number of phenolic OH excluding ortho intramolecular Hbond substituents is 1. The van der Waals surface area contributed by atoms with Crippen LogP contribution in [0.3, 0.4) is 0 Å². The van der Waals surface area contributed by atoms with E-state index in [-0.39, 0.29) is 10.8 Å². The Labute approximate surface area is 111 Å². The number of hydrogen-bond donors (Lipinski definition) is 1. The van der Waals surface area contributed by atoms with Crippen LogP contribution < -0.4 is 0 Å². The van der Waals surface area contributed by atoms with Crippen molar-refractivity contribution >= 4 is 0 Å². The van der Waals surface area contributed by atoms with Crippen molar-refractivity contribution in [1.82, 2.24) is 4.90 Å². The SMILES string of the molecule is CN1CCC(c2cccc(O)c2)(C(C)(C)C)CC1. The van der Waals surface area contributed by atoms with Crippen molar-refractivity contribution < 1.29 is 5.11 Å². The molecule has 0 atom stereocenters. The lowest BCUT2D eigenvalue weighted by molar-refractivity contribution is 0.0863. The van der Waals surface area contributed by atoms with Crippen molar-refractivity contribution in [2.24, 2.45) is 5.41 Å². The molecule has 0 aliphatic carbocycles. The first-order valence-electron chi connectivity index (χ1n) is 6.83. The minimum absolute atomic E-state index is 0.179. The van der Waals surface area contributed by atoms with Crippen molar-refractivity contribution in [3.63, 3.8) is 0 Å². The van der Waals surface area contributed by atoms with E-state index in [4.69, 9.17) is 0 Å². The van der Waals surface area contributed by atoms with Gasteiger partial charge in [0.2, 0.25) is 0 Å². The summed E-state index contributed by atoms with van der Waals surface area (Å²) in [5.74, 6) is 0.384. The van der Waals surface area contributed by atoms with Crippen LogP contribution in [0.5, 0.6) is 5.75 Å². The van der Waals surface area contributed by atoms with Crippen LogP contribution in [0.1, 0.15) is 39.2 Å². The minimum Gasteiger partial charge on any atom is -0.508 e. The molecule has 1 heterocycles. The highest BCUT2D eigenvalue weighted by Crippen LogP contribution is 2.49. The summed E-state index contributed by atoms with van der Waals surface area (Å²) in [7, 11) is 2.19. The molecular formula is C16H25NO. The van der Waals surface area contributed by atoms with Crippen molar-refractivity contribution in [3.8, 4) is 5.75 Å². The molecule has 2 rings (SSSR count). The van der Waals surface area contributed by atoms with Gasteiger partial charge in [-0.05, 0) is 56.1 Å². The number of phenols is 1. The van der Waals surface area contributed by atoms with E-state index in [1.165, 1.54) is 5.56 Å². The van der Waals surface area contributed by atoms with Gasteiger partial charge in [-0.15, -0.1) is 0 Å². The summed E-state index contributed by atoms with van der Waals surface area (Å²) >= 11 is 0. The molecule has 18 heavy (non-hydrogen) atoms. The smallest absolute Gasteiger partial charge is 0.115 e. The lowest BCUT2D eigenvalue weighted by Gasteiger charge is -2.50. The summed E-state index contributed by atoms with van der Waals surface area (Å²) in [6.45, 7) is 9.23. The Morgan fingerprint density at radius 1 is 1.17 bits per heavy atom. The van der Waals surface area contributed by atoms with Gasteiger partial charge < -0.3 is 10.0 Å². The van der Waals surface area contributed by atoms with Crippen molar-refractivity contribution in [3.05, 3.63) is 29.8 Å². The number of nitrogens with zero attached hydrogens (tertiary/aromatic N) is 1. The first-order valence-corrected chi connectivity index (χ1v) is 6.83. The summed E-state index contributed by atoms with van der Waals surface area (Å²) < 4.78 is 0. The number of piperidine rings is 1. The van der Waals surface area contributed by atoms with Gasteiger partial charge in [0.15, 0.2) is 0 Å². The summed E-state index contributed by atoms with van der Waals surface area (Å²) in [5, 5.41) is 9.77. The minimum atomic E-state index is 0.179. The Bertz CT molecular complexity index is 411. The van der Waals surface area contributed by atoms with Gasteiger partial charge in [-0.3, -0.25) is 0 Å². The molecule has 1 aromatic rings. The van der Waals surface area contributed by atoms with E-state index in [0.29, 0.717) is 5.75 Å². The molecule has 0 amide bonds. The molecule has 1 saturated heterocycles. The zero-order valence-corrected chi connectivity index (χ0v) is 12.0. The average Bonchev–Trinajstić information content (AvgIpc) is 2.28. The molecule has 0 saturated carbocycles. The van der Waals surface area contributed by atoms with Gasteiger partial charge >= 0.3 is 0 Å². The average molecular weight is 247 g/mol. The van der Waals surface area contributed by atoms with Gasteiger partial charge in [-0.25, -0.2) is 0 Å². The van der Waals surface area contributed by atoms with E-state index < -0.39 is 0 Å². The maximum Gasteiger partial charge on any atom is 0.115 e. The van der Waals surface area contributed by atoms with Gasteiger partial charge in [-0.2, -0.15) is 0 Å². The molecule has 1 aliphatic heterocycles. The summed E-state index contributed by atoms with van der Waals surface area (Å²) in [4.78, 5) is 2.40. The van der Waals surface area contributed by atoms with Gasteiger partial charge in [0.05, 0.1) is 0 Å². The number of likely N-dealkylation sites (tertiary alicyclic amines) is 1. The molecule has 0 spiro atoms. The third-order valence-electron chi connectivity index (χ3n) is 4.68. The van der Waals surface area contributed by atoms with E-state index in [9.17, 15) is 5.11 Å². The number of hydrogen-bond acceptors (Lipinski definition) is 2. The van der Waals surface area contributed by atoms with Crippen molar-refractivity contribution in [2.45, 2.75) is 39.0 Å². The van der Waals surface area contributed by atoms with E-state index in [0.717, 1.165) is 25.9 Å². The summed E-state index contributed by atoms with van der Waals surface area (Å²) in [5.41, 5.74) is 1.68. The van der Waals surface area contributed by atoms with Gasteiger partial charge in [-0.1, -0.05) is 32.9 Å². The monoisotopic (exact) mass is 247 g/mol. The van der Waals surface area contributed by atoms with Crippen molar-refractivity contribution in [1.29, 1.82) is 0 Å². The largest absolute Gasteiger partial charge is 0.508 e. The second-order valence-corrected chi connectivity index (χ2v) is 6.69. The molecule has 1 fully saturated rings. The van der Waals surface area contributed by atoms with E-state index >= 15 is 0 Å². The molecule has 0 bridgehead atoms. The number of benzene rings is 1. The van der Waals surface area contributed by atoms with E-state index in [1.54, 1.807) is 6.07 Å². The lowest BCUT2D eigenvalue weighted by atomic mass is 9.58. The molecule has 1 aliphatic rings. The quantitative estimate of drug-likeness (QED) is 0.822. The Kier molecular flexibility index (Phi) is 3.41. The zero-order chi connectivity index (χ0) is 13.4. The van der Waals surface area contributed by atoms with Crippen LogP contribution in [-0.2, 0) is 5.41 Å². The summed E-state index contributed by atoms with van der Waals surface area (Å²) in [6, 6.07) is 7.86. The first kappa shape index (κ1) is 13.4. The predicted molar refractivity (Wildman–Crippen MR) is 76.0 cm³/mol. The maximum absolute atomic E-state index is 9.77. The lowest BCUT2D eigenvalue weighted by Crippen LogP contribution is -2.48. The fraction of sp³-hybridized carbons (Fsp3) is 0.625. The fourth-order valence-electron chi connectivity index (χ4n) is 3.28. The number of aromatic hydroxyl groups is 1. The van der Waals surface area contributed by atoms with Crippen LogP contribution >= 0.6 is 0 Å². The molecule has 0 radical (unpaired) electrons. The van der Waals surface area contributed by atoms with Crippen LogP contribution in [0.4, 0.5) is 0 Å². The fourth-order valence-corrected chi connectivity index (χ4v) is 3.28. The standard InChI is InChI=1S/C16H25NO/c1-15(2,3)16(8-10-17(4)11-9-16)13-6-5-7-14(18)12-13/h5-7,12,18H,8-11H2,1-4H3. The third kappa shape index (κ3) is 2.26. The Balaban J connectivity index is 2.43. The topological polar surface area (TPSA) is 23.5 Å². The molecular weight excluding hydrogens is 222 g/mol. The third-order valence-corrected chi connectivity index (χ3v) is 4.68. The molecule has 2 heteroatoms. The Morgan fingerprint density at radius 3 is 2.28 bits per heavy atom. The highest BCUT2D eigenvalue weighted by atomic mass is 16.3. The van der Waals surface area contributed by atoms with Gasteiger partial charge in [0, 0.05) is 5.41 Å². The van der Waals surface area contributed by atoms with Gasteiger partial charge in [0.25, 0.3) is 0 Å². The van der Waals surface area contributed by atoms with Crippen LogP contribution in [0.15, 0.2) is 24.3 Å². The van der Waals surface area contributed by atoms with Gasteiger partial charge in [0.1, 0.15) is 5.75 Å². The Morgan fingerprint density at radius 2 is 1.78 bits per heavy atom. The summed E-state index contributed by atoms with van der Waals surface area (Å²) in [6.07, 6.45) is 2.33. The highest BCUT2D eigenvalue weighted by molar-refractivity contribution is 5.35. The van der Waals surface area contributed by atoms with Crippen molar-refractivity contribution in [2.75, 3.05) is 20.1 Å². The normalized spacial score (nSPS) is 20.9. The van der Waals surface area contributed by atoms with Crippen LogP contribution in [0.25, 0.3) is 0 Å². The zero-order valence-electron chi connectivity index (χ0n) is 12.0.